The van der Waals surface area contributed by atoms with Crippen LogP contribution in [-0.4, -0.2) is 0 Å². The van der Waals surface area contributed by atoms with E-state index < -0.39 is 0 Å². The summed E-state index contributed by atoms with van der Waals surface area (Å²) in [5.41, 5.74) is 0. The largest absolute Gasteiger partial charge is 0.0843 e. The third-order valence-corrected chi connectivity index (χ3v) is 2.65. The molecular formula is C11H18. The van der Waals surface area contributed by atoms with Crippen LogP contribution in [0, 0.1) is 11.8 Å². The maximum atomic E-state index is 2.36. The fourth-order valence-corrected chi connectivity index (χ4v) is 1.81. The van der Waals surface area contributed by atoms with Crippen molar-refractivity contribution < 1.29 is 0 Å². The molecule has 0 aromatic heterocycles. The average Bonchev–Trinajstić information content (AvgIpc) is 2.27. The molecule has 0 amide bonds. The van der Waals surface area contributed by atoms with Crippen molar-refractivity contribution in [3.05, 3.63) is 24.3 Å². The number of rotatable bonds is 2. The van der Waals surface area contributed by atoms with Gasteiger partial charge in [-0.15, -0.1) is 0 Å². The molecule has 0 heteroatoms. The van der Waals surface area contributed by atoms with Crippen molar-refractivity contribution in [3.63, 3.8) is 0 Å². The Morgan fingerprint density at radius 2 is 2.00 bits per heavy atom. The monoisotopic (exact) mass is 150 g/mol. The van der Waals surface area contributed by atoms with E-state index in [0.29, 0.717) is 0 Å². The van der Waals surface area contributed by atoms with Gasteiger partial charge < -0.3 is 0 Å². The lowest BCUT2D eigenvalue weighted by Crippen LogP contribution is -2.09. The molecule has 62 valence electrons. The minimum atomic E-state index is 0.815. The Morgan fingerprint density at radius 1 is 1.18 bits per heavy atom. The van der Waals surface area contributed by atoms with Crippen LogP contribution in [0.5, 0.6) is 0 Å². The Balaban J connectivity index is 2.59. The molecule has 1 rings (SSSR count). The van der Waals surface area contributed by atoms with E-state index in [1.165, 1.54) is 19.3 Å². The van der Waals surface area contributed by atoms with E-state index in [4.69, 9.17) is 0 Å². The molecule has 0 nitrogen and oxygen atoms in total. The zero-order chi connectivity index (χ0) is 8.10. The molecule has 1 aliphatic carbocycles. The van der Waals surface area contributed by atoms with E-state index in [2.05, 4.69) is 38.2 Å². The molecule has 0 aromatic carbocycles. The average molecular weight is 150 g/mol. The molecule has 1 aliphatic rings. The van der Waals surface area contributed by atoms with Crippen molar-refractivity contribution in [2.75, 3.05) is 0 Å². The Bertz CT molecular complexity index is 153. The second-order valence-corrected chi connectivity index (χ2v) is 3.29. The second-order valence-electron chi connectivity index (χ2n) is 3.29. The van der Waals surface area contributed by atoms with Gasteiger partial charge in [0.2, 0.25) is 0 Å². The van der Waals surface area contributed by atoms with Crippen molar-refractivity contribution >= 4 is 0 Å². The van der Waals surface area contributed by atoms with E-state index in [1.807, 2.05) is 0 Å². The first-order valence-corrected chi connectivity index (χ1v) is 4.71. The standard InChI is InChI=1S/C11H18/c1-3-10-8-6-5-7-9-11(10)4-2/h5-8,10-11H,3-4,9H2,1-2H3. The van der Waals surface area contributed by atoms with Gasteiger partial charge in [0.15, 0.2) is 0 Å². The first kappa shape index (κ1) is 8.58. The molecule has 0 fully saturated rings. The van der Waals surface area contributed by atoms with E-state index in [9.17, 15) is 0 Å². The van der Waals surface area contributed by atoms with Crippen LogP contribution in [0.2, 0.25) is 0 Å². The number of hydrogen-bond acceptors (Lipinski definition) is 0. The Hall–Kier alpha value is -0.520. The van der Waals surface area contributed by atoms with Gasteiger partial charge in [0.05, 0.1) is 0 Å². The zero-order valence-corrected chi connectivity index (χ0v) is 7.59. The summed E-state index contributed by atoms with van der Waals surface area (Å²) in [6.45, 7) is 4.57. The van der Waals surface area contributed by atoms with Gasteiger partial charge in [-0.2, -0.15) is 0 Å². The molecule has 0 saturated carbocycles. The highest BCUT2D eigenvalue weighted by Gasteiger charge is 2.14. The van der Waals surface area contributed by atoms with Gasteiger partial charge in [0.1, 0.15) is 0 Å². The van der Waals surface area contributed by atoms with Crippen LogP contribution >= 0.6 is 0 Å². The van der Waals surface area contributed by atoms with Crippen molar-refractivity contribution in [1.29, 1.82) is 0 Å². The molecule has 2 unspecified atom stereocenters. The van der Waals surface area contributed by atoms with Crippen LogP contribution in [0.1, 0.15) is 33.1 Å². The lowest BCUT2D eigenvalue weighted by atomic mass is 9.86. The molecule has 2 atom stereocenters. The lowest BCUT2D eigenvalue weighted by molar-refractivity contribution is 0.379. The van der Waals surface area contributed by atoms with Gasteiger partial charge in [0, 0.05) is 0 Å². The summed E-state index contributed by atoms with van der Waals surface area (Å²) in [5.74, 6) is 1.70. The highest BCUT2D eigenvalue weighted by molar-refractivity contribution is 5.09. The maximum Gasteiger partial charge on any atom is -0.0202 e. The Morgan fingerprint density at radius 3 is 2.64 bits per heavy atom. The summed E-state index contributed by atoms with van der Waals surface area (Å²) in [6.07, 6.45) is 12.9. The van der Waals surface area contributed by atoms with Gasteiger partial charge >= 0.3 is 0 Å². The van der Waals surface area contributed by atoms with Gasteiger partial charge in [-0.1, -0.05) is 44.6 Å². The quantitative estimate of drug-likeness (QED) is 0.564. The molecule has 0 radical (unpaired) electrons. The lowest BCUT2D eigenvalue weighted by Gasteiger charge is -2.19. The fourth-order valence-electron chi connectivity index (χ4n) is 1.81. The summed E-state index contributed by atoms with van der Waals surface area (Å²) in [5, 5.41) is 0. The topological polar surface area (TPSA) is 0 Å². The molecule has 0 aromatic rings. The molecule has 0 spiro atoms. The third-order valence-electron chi connectivity index (χ3n) is 2.65. The molecule has 11 heavy (non-hydrogen) atoms. The first-order chi connectivity index (χ1) is 5.38. The van der Waals surface area contributed by atoms with Crippen molar-refractivity contribution in [1.82, 2.24) is 0 Å². The van der Waals surface area contributed by atoms with E-state index >= 15 is 0 Å². The smallest absolute Gasteiger partial charge is 0.0202 e. The van der Waals surface area contributed by atoms with E-state index in [1.54, 1.807) is 0 Å². The summed E-state index contributed by atoms with van der Waals surface area (Å²) in [7, 11) is 0. The summed E-state index contributed by atoms with van der Waals surface area (Å²) < 4.78 is 0. The van der Waals surface area contributed by atoms with Gasteiger partial charge in [0.25, 0.3) is 0 Å². The Kier molecular flexibility index (Phi) is 3.41. The van der Waals surface area contributed by atoms with Gasteiger partial charge in [-0.25, -0.2) is 0 Å². The summed E-state index contributed by atoms with van der Waals surface area (Å²) in [6, 6.07) is 0. The summed E-state index contributed by atoms with van der Waals surface area (Å²) in [4.78, 5) is 0. The van der Waals surface area contributed by atoms with E-state index in [-0.39, 0.29) is 0 Å². The molecular weight excluding hydrogens is 132 g/mol. The highest BCUT2D eigenvalue weighted by atomic mass is 14.2. The van der Waals surface area contributed by atoms with Crippen LogP contribution in [0.15, 0.2) is 24.3 Å². The molecule has 0 N–H and O–H groups in total. The predicted octanol–water partition coefficient (Wildman–Crippen LogP) is 3.55. The number of allylic oxidation sites excluding steroid dienone is 4. The minimum absolute atomic E-state index is 0.815. The predicted molar refractivity (Wildman–Crippen MR) is 50.5 cm³/mol. The highest BCUT2D eigenvalue weighted by Crippen LogP contribution is 2.26. The zero-order valence-electron chi connectivity index (χ0n) is 7.59. The van der Waals surface area contributed by atoms with Crippen molar-refractivity contribution in [2.45, 2.75) is 33.1 Å². The first-order valence-electron chi connectivity index (χ1n) is 4.71. The van der Waals surface area contributed by atoms with Gasteiger partial charge in [-0.05, 0) is 24.7 Å². The Labute approximate surface area is 70.0 Å². The molecule has 0 heterocycles. The second kappa shape index (κ2) is 4.38. The van der Waals surface area contributed by atoms with Crippen LogP contribution in [0.3, 0.4) is 0 Å². The minimum Gasteiger partial charge on any atom is -0.0843 e. The third kappa shape index (κ3) is 2.21. The van der Waals surface area contributed by atoms with Crippen LogP contribution in [0.4, 0.5) is 0 Å². The van der Waals surface area contributed by atoms with Crippen LogP contribution in [-0.2, 0) is 0 Å². The summed E-state index contributed by atoms with van der Waals surface area (Å²) >= 11 is 0. The van der Waals surface area contributed by atoms with Crippen LogP contribution in [0.25, 0.3) is 0 Å². The van der Waals surface area contributed by atoms with Crippen molar-refractivity contribution in [2.24, 2.45) is 11.8 Å². The molecule has 0 aliphatic heterocycles. The van der Waals surface area contributed by atoms with Crippen LogP contribution < -0.4 is 0 Å². The number of hydrogen-bond donors (Lipinski definition) is 0. The maximum absolute atomic E-state index is 2.36. The van der Waals surface area contributed by atoms with Crippen molar-refractivity contribution in [3.8, 4) is 0 Å². The fraction of sp³-hybridized carbons (Fsp3) is 0.636. The normalized spacial score (nSPS) is 30.4. The van der Waals surface area contributed by atoms with Gasteiger partial charge in [-0.3, -0.25) is 0 Å². The molecule has 0 saturated heterocycles. The van der Waals surface area contributed by atoms with E-state index in [0.717, 1.165) is 11.8 Å². The SMILES string of the molecule is CCC1C=CC=CCC1CC. The molecule has 0 bridgehead atoms.